The van der Waals surface area contributed by atoms with Crippen LogP contribution in [0.3, 0.4) is 0 Å². The minimum Gasteiger partial charge on any atom is -0.491 e. The number of aliphatic hydroxyl groups is 2. The third-order valence-electron chi connectivity index (χ3n) is 3.59. The minimum atomic E-state index is -0.0954. The van der Waals surface area contributed by atoms with E-state index in [-0.39, 0.29) is 26.4 Å². The van der Waals surface area contributed by atoms with Gasteiger partial charge < -0.3 is 24.4 Å². The standard InChI is InChI=1S/C20H20O5/c21-11-13-23-18-8-4-7-17-16(18)9-10-19(20(17)24-14-12-22)25-15-5-2-1-3-6-15/h1-10,21-22H,11-14H2. The van der Waals surface area contributed by atoms with Crippen LogP contribution in [0.25, 0.3) is 10.8 Å². The van der Waals surface area contributed by atoms with Crippen molar-refractivity contribution in [3.05, 3.63) is 60.7 Å². The molecule has 0 atom stereocenters. The van der Waals surface area contributed by atoms with E-state index in [0.717, 1.165) is 10.8 Å². The van der Waals surface area contributed by atoms with Gasteiger partial charge in [-0.1, -0.05) is 30.3 Å². The van der Waals surface area contributed by atoms with Crippen LogP contribution in [0.2, 0.25) is 0 Å². The first-order valence-corrected chi connectivity index (χ1v) is 8.09. The first-order chi connectivity index (χ1) is 12.3. The molecule has 0 saturated heterocycles. The van der Waals surface area contributed by atoms with Gasteiger partial charge in [-0.2, -0.15) is 0 Å². The average molecular weight is 340 g/mol. The number of ether oxygens (including phenoxy) is 3. The Balaban J connectivity index is 2.04. The molecule has 0 aliphatic rings. The fraction of sp³-hybridized carbons (Fsp3) is 0.200. The number of benzene rings is 3. The Hall–Kier alpha value is -2.76. The second-order valence-electron chi connectivity index (χ2n) is 5.30. The quantitative estimate of drug-likeness (QED) is 0.658. The summed E-state index contributed by atoms with van der Waals surface area (Å²) in [6.45, 7) is 0.224. The molecule has 0 heterocycles. The summed E-state index contributed by atoms with van der Waals surface area (Å²) in [7, 11) is 0. The number of aliphatic hydroxyl groups excluding tert-OH is 2. The van der Waals surface area contributed by atoms with E-state index in [4.69, 9.17) is 24.4 Å². The molecule has 3 aromatic carbocycles. The van der Waals surface area contributed by atoms with E-state index in [2.05, 4.69) is 0 Å². The molecule has 5 heteroatoms. The van der Waals surface area contributed by atoms with Gasteiger partial charge in [-0.25, -0.2) is 0 Å². The molecule has 0 bridgehead atoms. The lowest BCUT2D eigenvalue weighted by atomic mass is 10.1. The molecular weight excluding hydrogens is 320 g/mol. The van der Waals surface area contributed by atoms with Gasteiger partial charge in [0.05, 0.1) is 13.2 Å². The molecule has 3 aromatic rings. The third-order valence-corrected chi connectivity index (χ3v) is 3.59. The molecule has 0 unspecified atom stereocenters. The molecule has 0 saturated carbocycles. The van der Waals surface area contributed by atoms with Crippen LogP contribution in [-0.4, -0.2) is 36.6 Å². The number of hydrogen-bond donors (Lipinski definition) is 2. The normalized spacial score (nSPS) is 10.6. The van der Waals surface area contributed by atoms with Crippen molar-refractivity contribution in [3.63, 3.8) is 0 Å². The molecular formula is C20H20O5. The minimum absolute atomic E-state index is 0.0561. The van der Waals surface area contributed by atoms with E-state index in [0.29, 0.717) is 23.0 Å². The van der Waals surface area contributed by atoms with Crippen LogP contribution in [0.5, 0.6) is 23.0 Å². The van der Waals surface area contributed by atoms with Crippen LogP contribution in [0, 0.1) is 0 Å². The van der Waals surface area contributed by atoms with Crippen LogP contribution in [0.1, 0.15) is 0 Å². The van der Waals surface area contributed by atoms with Gasteiger partial charge in [0, 0.05) is 10.8 Å². The molecule has 3 rings (SSSR count). The van der Waals surface area contributed by atoms with Crippen LogP contribution in [-0.2, 0) is 0 Å². The molecule has 5 nitrogen and oxygen atoms in total. The lowest BCUT2D eigenvalue weighted by Gasteiger charge is -2.16. The van der Waals surface area contributed by atoms with E-state index in [9.17, 15) is 0 Å². The highest BCUT2D eigenvalue weighted by Crippen LogP contribution is 2.41. The molecule has 0 aliphatic carbocycles. The summed E-state index contributed by atoms with van der Waals surface area (Å²) >= 11 is 0. The number of para-hydroxylation sites is 1. The highest BCUT2D eigenvalue weighted by Gasteiger charge is 2.14. The highest BCUT2D eigenvalue weighted by atomic mass is 16.5. The SMILES string of the molecule is OCCOc1cccc2c(OCCO)c(Oc3ccccc3)ccc12. The van der Waals surface area contributed by atoms with Gasteiger partial charge in [-0.3, -0.25) is 0 Å². The lowest BCUT2D eigenvalue weighted by molar-refractivity contribution is 0.199. The van der Waals surface area contributed by atoms with E-state index in [1.807, 2.05) is 60.7 Å². The fourth-order valence-corrected chi connectivity index (χ4v) is 2.56. The first-order valence-electron chi connectivity index (χ1n) is 8.09. The van der Waals surface area contributed by atoms with Gasteiger partial charge in [-0.15, -0.1) is 0 Å². The highest BCUT2D eigenvalue weighted by molar-refractivity contribution is 5.95. The van der Waals surface area contributed by atoms with Gasteiger partial charge in [0.25, 0.3) is 0 Å². The largest absolute Gasteiger partial charge is 0.491 e. The summed E-state index contributed by atoms with van der Waals surface area (Å²) in [6.07, 6.45) is 0. The predicted molar refractivity (Wildman–Crippen MR) is 95.6 cm³/mol. The van der Waals surface area contributed by atoms with Gasteiger partial charge in [-0.05, 0) is 30.3 Å². The van der Waals surface area contributed by atoms with E-state index < -0.39 is 0 Å². The van der Waals surface area contributed by atoms with Crippen molar-refractivity contribution in [3.8, 4) is 23.0 Å². The number of fused-ring (bicyclic) bond motifs is 1. The molecule has 130 valence electrons. The third kappa shape index (κ3) is 4.02. The Morgan fingerprint density at radius 3 is 2.16 bits per heavy atom. The summed E-state index contributed by atoms with van der Waals surface area (Å²) in [4.78, 5) is 0. The van der Waals surface area contributed by atoms with Crippen LogP contribution in [0.15, 0.2) is 60.7 Å². The first kappa shape index (κ1) is 17.1. The van der Waals surface area contributed by atoms with Crippen molar-refractivity contribution in [2.24, 2.45) is 0 Å². The van der Waals surface area contributed by atoms with Gasteiger partial charge in [0.1, 0.15) is 24.7 Å². The van der Waals surface area contributed by atoms with Gasteiger partial charge in [0.2, 0.25) is 0 Å². The van der Waals surface area contributed by atoms with Crippen molar-refractivity contribution in [1.82, 2.24) is 0 Å². The second-order valence-corrected chi connectivity index (χ2v) is 5.30. The lowest BCUT2D eigenvalue weighted by Crippen LogP contribution is -2.04. The zero-order chi connectivity index (χ0) is 17.5. The second kappa shape index (κ2) is 8.37. The molecule has 0 radical (unpaired) electrons. The van der Waals surface area contributed by atoms with Gasteiger partial charge >= 0.3 is 0 Å². The van der Waals surface area contributed by atoms with E-state index in [1.165, 1.54) is 0 Å². The fourth-order valence-electron chi connectivity index (χ4n) is 2.56. The summed E-state index contributed by atoms with van der Waals surface area (Å²) < 4.78 is 17.3. The van der Waals surface area contributed by atoms with E-state index >= 15 is 0 Å². The zero-order valence-electron chi connectivity index (χ0n) is 13.7. The Labute approximate surface area is 146 Å². The van der Waals surface area contributed by atoms with Crippen molar-refractivity contribution in [1.29, 1.82) is 0 Å². The summed E-state index contributed by atoms with van der Waals surface area (Å²) in [5, 5.41) is 19.8. The van der Waals surface area contributed by atoms with Crippen molar-refractivity contribution < 1.29 is 24.4 Å². The zero-order valence-corrected chi connectivity index (χ0v) is 13.7. The summed E-state index contributed by atoms with van der Waals surface area (Å²) in [6, 6.07) is 18.7. The number of rotatable bonds is 8. The Morgan fingerprint density at radius 1 is 0.640 bits per heavy atom. The Kier molecular flexibility index (Phi) is 5.72. The van der Waals surface area contributed by atoms with Crippen LogP contribution in [0.4, 0.5) is 0 Å². The Bertz CT molecular complexity index is 817. The monoisotopic (exact) mass is 340 g/mol. The average Bonchev–Trinajstić information content (AvgIpc) is 2.66. The smallest absolute Gasteiger partial charge is 0.169 e. The molecule has 0 aromatic heterocycles. The molecule has 0 fully saturated rings. The predicted octanol–water partition coefficient (Wildman–Crippen LogP) is 3.37. The van der Waals surface area contributed by atoms with E-state index in [1.54, 1.807) is 0 Å². The molecule has 0 aliphatic heterocycles. The molecule has 2 N–H and O–H groups in total. The maximum Gasteiger partial charge on any atom is 0.169 e. The summed E-state index contributed by atoms with van der Waals surface area (Å²) in [5.74, 6) is 2.46. The van der Waals surface area contributed by atoms with Crippen molar-refractivity contribution >= 4 is 10.8 Å². The summed E-state index contributed by atoms with van der Waals surface area (Å²) in [5.41, 5.74) is 0. The molecule has 0 spiro atoms. The van der Waals surface area contributed by atoms with Crippen molar-refractivity contribution in [2.45, 2.75) is 0 Å². The maximum absolute atomic E-state index is 9.13. The number of hydrogen-bond acceptors (Lipinski definition) is 5. The van der Waals surface area contributed by atoms with Crippen LogP contribution >= 0.6 is 0 Å². The Morgan fingerprint density at radius 2 is 1.40 bits per heavy atom. The van der Waals surface area contributed by atoms with Crippen molar-refractivity contribution in [2.75, 3.05) is 26.4 Å². The molecule has 0 amide bonds. The topological polar surface area (TPSA) is 68.2 Å². The van der Waals surface area contributed by atoms with Crippen LogP contribution < -0.4 is 14.2 Å². The maximum atomic E-state index is 9.13. The van der Waals surface area contributed by atoms with Gasteiger partial charge in [0.15, 0.2) is 11.5 Å². The molecule has 25 heavy (non-hydrogen) atoms.